The number of nitrogens with two attached hydrogens (primary N) is 1. The fraction of sp³-hybridized carbons (Fsp3) is 0.500. The van der Waals surface area contributed by atoms with E-state index in [0.29, 0.717) is 16.0 Å². The van der Waals surface area contributed by atoms with Gasteiger partial charge in [-0.15, -0.1) is 0 Å². The molecule has 0 amide bonds. The number of rotatable bonds is 4. The lowest BCUT2D eigenvalue weighted by atomic mass is 9.99. The monoisotopic (exact) mass is 259 g/mol. The van der Waals surface area contributed by atoms with E-state index in [9.17, 15) is 0 Å². The van der Waals surface area contributed by atoms with Crippen molar-refractivity contribution in [1.82, 2.24) is 0 Å². The number of ether oxygens (including phenoxy) is 1. The second-order valence-electron chi connectivity index (χ2n) is 4.24. The summed E-state index contributed by atoms with van der Waals surface area (Å²) in [6.07, 6.45) is 2.48. The molecule has 2 N–H and O–H groups in total. The van der Waals surface area contributed by atoms with Gasteiger partial charge < -0.3 is 10.5 Å². The first-order chi connectivity index (χ1) is 7.63. The summed E-state index contributed by atoms with van der Waals surface area (Å²) in [6.45, 7) is 0. The van der Waals surface area contributed by atoms with Gasteiger partial charge in [-0.3, -0.25) is 0 Å². The Kier molecular flexibility index (Phi) is 3.75. The van der Waals surface area contributed by atoms with Gasteiger partial charge in [-0.2, -0.15) is 0 Å². The van der Waals surface area contributed by atoms with E-state index in [1.165, 1.54) is 12.8 Å². The maximum absolute atomic E-state index is 6.18. The molecule has 1 aliphatic rings. The quantitative estimate of drug-likeness (QED) is 0.900. The van der Waals surface area contributed by atoms with E-state index < -0.39 is 0 Å². The predicted molar refractivity (Wildman–Crippen MR) is 66.9 cm³/mol. The van der Waals surface area contributed by atoms with Gasteiger partial charge in [0.25, 0.3) is 0 Å². The van der Waals surface area contributed by atoms with Crippen LogP contribution in [0, 0.1) is 5.92 Å². The van der Waals surface area contributed by atoms with Gasteiger partial charge in [0, 0.05) is 7.11 Å². The molecule has 0 aromatic heterocycles. The summed E-state index contributed by atoms with van der Waals surface area (Å²) < 4.78 is 5.46. The minimum Gasteiger partial charge on any atom is -0.379 e. The summed E-state index contributed by atoms with van der Waals surface area (Å²) in [5, 5.41) is 1.10. The molecule has 1 saturated carbocycles. The van der Waals surface area contributed by atoms with E-state index in [1.54, 1.807) is 13.2 Å². The molecular weight excluding hydrogens is 245 g/mol. The molecule has 1 aliphatic carbocycles. The summed E-state index contributed by atoms with van der Waals surface area (Å²) in [7, 11) is 1.71. The Morgan fingerprint density at radius 3 is 2.50 bits per heavy atom. The predicted octanol–water partition coefficient (Wildman–Crippen LogP) is 3.42. The molecule has 16 heavy (non-hydrogen) atoms. The Balaban J connectivity index is 2.18. The van der Waals surface area contributed by atoms with Crippen LogP contribution in [0.3, 0.4) is 0 Å². The molecule has 0 saturated heterocycles. The van der Waals surface area contributed by atoms with Crippen molar-refractivity contribution in [2.24, 2.45) is 11.7 Å². The lowest BCUT2D eigenvalue weighted by molar-refractivity contribution is 0.0624. The summed E-state index contributed by atoms with van der Waals surface area (Å²) >= 11 is 11.8. The summed E-state index contributed by atoms with van der Waals surface area (Å²) in [4.78, 5) is 0. The van der Waals surface area contributed by atoms with Crippen LogP contribution in [0.1, 0.15) is 24.4 Å². The van der Waals surface area contributed by atoms with Crippen molar-refractivity contribution < 1.29 is 4.74 Å². The fourth-order valence-electron chi connectivity index (χ4n) is 1.97. The minimum absolute atomic E-state index is 0.0808. The molecule has 0 aliphatic heterocycles. The number of hydrogen-bond donors (Lipinski definition) is 1. The summed E-state index contributed by atoms with van der Waals surface area (Å²) in [5.74, 6) is 0.592. The molecule has 2 nitrogen and oxygen atoms in total. The van der Waals surface area contributed by atoms with E-state index in [2.05, 4.69) is 0 Å². The van der Waals surface area contributed by atoms with Gasteiger partial charge >= 0.3 is 0 Å². The van der Waals surface area contributed by atoms with Gasteiger partial charge in [-0.1, -0.05) is 29.3 Å². The van der Waals surface area contributed by atoms with Crippen molar-refractivity contribution in [2.75, 3.05) is 7.11 Å². The van der Waals surface area contributed by atoms with Crippen molar-refractivity contribution in [3.8, 4) is 0 Å². The van der Waals surface area contributed by atoms with Gasteiger partial charge in [0.1, 0.15) is 0 Å². The molecule has 88 valence electrons. The molecule has 1 aromatic carbocycles. The third-order valence-electron chi connectivity index (χ3n) is 3.04. The van der Waals surface area contributed by atoms with Crippen LogP contribution in [0.25, 0.3) is 0 Å². The highest BCUT2D eigenvalue weighted by atomic mass is 35.5. The third-order valence-corrected chi connectivity index (χ3v) is 3.78. The fourth-order valence-corrected chi connectivity index (χ4v) is 2.27. The average molecular weight is 260 g/mol. The molecule has 2 rings (SSSR count). The smallest absolute Gasteiger partial charge is 0.0791 e. The molecule has 1 fully saturated rings. The average Bonchev–Trinajstić information content (AvgIpc) is 3.07. The Morgan fingerprint density at radius 2 is 2.00 bits per heavy atom. The normalized spacial score (nSPS) is 19.5. The number of methoxy groups -OCH3 is 1. The zero-order valence-electron chi connectivity index (χ0n) is 9.12. The highest BCUT2D eigenvalue weighted by Crippen LogP contribution is 2.39. The zero-order chi connectivity index (χ0) is 11.7. The molecular formula is C12H15Cl2NO. The lowest BCUT2D eigenvalue weighted by Gasteiger charge is -2.23. The third kappa shape index (κ3) is 2.51. The summed E-state index contributed by atoms with van der Waals surface area (Å²) in [6, 6.07) is 5.38. The van der Waals surface area contributed by atoms with Gasteiger partial charge in [0.2, 0.25) is 0 Å². The molecule has 0 spiro atoms. The zero-order valence-corrected chi connectivity index (χ0v) is 10.6. The van der Waals surface area contributed by atoms with Gasteiger partial charge in [0.05, 0.1) is 22.2 Å². The first kappa shape index (κ1) is 12.2. The lowest BCUT2D eigenvalue weighted by Crippen LogP contribution is -2.29. The standard InChI is InChI=1S/C12H15Cl2NO/c1-16-12(7-2-3-7)11(15)8-4-5-9(13)10(14)6-8/h4-7,11-12H,2-3,15H2,1H3. The number of benzene rings is 1. The van der Waals surface area contributed by atoms with E-state index in [0.717, 1.165) is 5.56 Å². The van der Waals surface area contributed by atoms with Crippen LogP contribution in [-0.4, -0.2) is 13.2 Å². The van der Waals surface area contributed by atoms with Crippen LogP contribution >= 0.6 is 23.2 Å². The Hall–Kier alpha value is -0.280. The van der Waals surface area contributed by atoms with E-state index in [-0.39, 0.29) is 12.1 Å². The van der Waals surface area contributed by atoms with Crippen molar-refractivity contribution in [2.45, 2.75) is 25.0 Å². The van der Waals surface area contributed by atoms with Crippen molar-refractivity contribution in [3.05, 3.63) is 33.8 Å². The van der Waals surface area contributed by atoms with Crippen LogP contribution in [0.4, 0.5) is 0 Å². The first-order valence-electron chi connectivity index (χ1n) is 5.37. The Bertz CT molecular complexity index is 379. The highest BCUT2D eigenvalue weighted by molar-refractivity contribution is 6.42. The van der Waals surface area contributed by atoms with Crippen LogP contribution < -0.4 is 5.73 Å². The molecule has 0 bridgehead atoms. The minimum atomic E-state index is -0.132. The SMILES string of the molecule is COC(C1CC1)C(N)c1ccc(Cl)c(Cl)c1. The van der Waals surface area contributed by atoms with Crippen LogP contribution in [-0.2, 0) is 4.74 Å². The van der Waals surface area contributed by atoms with Gasteiger partial charge in [-0.25, -0.2) is 0 Å². The number of hydrogen-bond acceptors (Lipinski definition) is 2. The second-order valence-corrected chi connectivity index (χ2v) is 5.05. The Morgan fingerprint density at radius 1 is 1.31 bits per heavy atom. The van der Waals surface area contributed by atoms with E-state index in [4.69, 9.17) is 33.7 Å². The van der Waals surface area contributed by atoms with Crippen molar-refractivity contribution in [1.29, 1.82) is 0 Å². The second kappa shape index (κ2) is 4.92. The maximum Gasteiger partial charge on any atom is 0.0791 e. The largest absolute Gasteiger partial charge is 0.379 e. The van der Waals surface area contributed by atoms with Gasteiger partial charge in [0.15, 0.2) is 0 Å². The maximum atomic E-state index is 6.18. The van der Waals surface area contributed by atoms with E-state index >= 15 is 0 Å². The van der Waals surface area contributed by atoms with Crippen LogP contribution in [0.2, 0.25) is 10.0 Å². The molecule has 2 unspecified atom stereocenters. The highest BCUT2D eigenvalue weighted by Gasteiger charge is 2.35. The molecule has 0 radical (unpaired) electrons. The van der Waals surface area contributed by atoms with Crippen molar-refractivity contribution >= 4 is 23.2 Å². The molecule has 1 aromatic rings. The first-order valence-corrected chi connectivity index (χ1v) is 6.12. The Labute approximate surface area is 106 Å². The summed E-state index contributed by atoms with van der Waals surface area (Å²) in [5.41, 5.74) is 7.16. The van der Waals surface area contributed by atoms with E-state index in [1.807, 2.05) is 12.1 Å². The topological polar surface area (TPSA) is 35.2 Å². The number of halogens is 2. The van der Waals surface area contributed by atoms with Crippen molar-refractivity contribution in [3.63, 3.8) is 0 Å². The molecule has 2 atom stereocenters. The molecule has 4 heteroatoms. The van der Waals surface area contributed by atoms with Crippen LogP contribution in [0.15, 0.2) is 18.2 Å². The van der Waals surface area contributed by atoms with Crippen LogP contribution in [0.5, 0.6) is 0 Å². The molecule has 0 heterocycles. The van der Waals surface area contributed by atoms with Gasteiger partial charge in [-0.05, 0) is 36.5 Å².